The summed E-state index contributed by atoms with van der Waals surface area (Å²) in [6, 6.07) is 15.3. The van der Waals surface area contributed by atoms with Crippen LogP contribution in [0.2, 0.25) is 5.02 Å². The topological polar surface area (TPSA) is 49.9 Å². The van der Waals surface area contributed by atoms with E-state index in [1.165, 1.54) is 0 Å². The number of benzene rings is 2. The Kier molecular flexibility index (Phi) is 8.49. The molecule has 2 atom stereocenters. The first-order chi connectivity index (χ1) is 16.5. The molecular formula is C28H35ClN2O3. The molecule has 0 N–H and O–H groups in total. The van der Waals surface area contributed by atoms with Gasteiger partial charge in [0.15, 0.2) is 0 Å². The molecule has 0 radical (unpaired) electrons. The number of para-hydroxylation sites is 1. The molecule has 0 bridgehead atoms. The van der Waals surface area contributed by atoms with Gasteiger partial charge in [0.25, 0.3) is 5.91 Å². The van der Waals surface area contributed by atoms with Crippen LogP contribution in [-0.4, -0.2) is 53.9 Å². The van der Waals surface area contributed by atoms with Gasteiger partial charge in [0.1, 0.15) is 11.9 Å². The maximum absolute atomic E-state index is 13.5. The van der Waals surface area contributed by atoms with Crippen LogP contribution in [0, 0.1) is 0 Å². The predicted octanol–water partition coefficient (Wildman–Crippen LogP) is 5.75. The Morgan fingerprint density at radius 2 is 1.71 bits per heavy atom. The van der Waals surface area contributed by atoms with Crippen LogP contribution in [0.3, 0.4) is 0 Å². The van der Waals surface area contributed by atoms with Crippen LogP contribution in [0.1, 0.15) is 67.3 Å². The highest BCUT2D eigenvalue weighted by molar-refractivity contribution is 6.31. The molecule has 0 spiro atoms. The molecule has 5 nitrogen and oxygen atoms in total. The molecule has 1 aliphatic heterocycles. The molecular weight excluding hydrogens is 448 g/mol. The van der Waals surface area contributed by atoms with Crippen LogP contribution >= 0.6 is 11.6 Å². The number of hydrogen-bond donors (Lipinski definition) is 0. The summed E-state index contributed by atoms with van der Waals surface area (Å²) in [6.45, 7) is 1.42. The van der Waals surface area contributed by atoms with Crippen molar-refractivity contribution >= 4 is 23.4 Å². The number of halogens is 1. The molecule has 1 aliphatic carbocycles. The minimum absolute atomic E-state index is 0.00474. The first-order valence-electron chi connectivity index (χ1n) is 12.6. The standard InChI is InChI=1S/C28H35ClN2O3/c1-30-19-9-2-10-20-31(27(32)18-17-21-11-3-5-13-23(21)29)24-14-6-8-16-26(24)34-25-15-7-4-12-22(25)28(30)33/h3-5,7,11-13,15,24,26H,2,6,8-10,14,16-20H2,1H3/t24-,26+/m1/s1. The molecule has 182 valence electrons. The minimum atomic E-state index is -0.113. The Labute approximate surface area is 208 Å². The molecule has 2 aromatic rings. The van der Waals surface area contributed by atoms with Crippen molar-refractivity contribution in [2.24, 2.45) is 0 Å². The first-order valence-corrected chi connectivity index (χ1v) is 13.0. The molecule has 2 amide bonds. The Bertz CT molecular complexity index is 995. The van der Waals surface area contributed by atoms with E-state index in [4.69, 9.17) is 16.3 Å². The highest BCUT2D eigenvalue weighted by atomic mass is 35.5. The molecule has 6 heteroatoms. The lowest BCUT2D eigenvalue weighted by atomic mass is 9.90. The van der Waals surface area contributed by atoms with Crippen LogP contribution in [0.15, 0.2) is 48.5 Å². The molecule has 34 heavy (non-hydrogen) atoms. The highest BCUT2D eigenvalue weighted by Crippen LogP contribution is 2.31. The van der Waals surface area contributed by atoms with E-state index in [0.29, 0.717) is 35.7 Å². The van der Waals surface area contributed by atoms with Crippen LogP contribution in [0.5, 0.6) is 5.75 Å². The number of fused-ring (bicyclic) bond motifs is 2. The number of nitrogens with zero attached hydrogens (tertiary/aromatic N) is 2. The zero-order valence-corrected chi connectivity index (χ0v) is 20.8. The van der Waals surface area contributed by atoms with Crippen molar-refractivity contribution in [2.45, 2.75) is 69.9 Å². The molecule has 4 rings (SSSR count). The van der Waals surface area contributed by atoms with Crippen molar-refractivity contribution < 1.29 is 14.3 Å². The summed E-state index contributed by atoms with van der Waals surface area (Å²) < 4.78 is 6.53. The first kappa shape index (κ1) is 24.6. The summed E-state index contributed by atoms with van der Waals surface area (Å²) in [7, 11) is 1.85. The van der Waals surface area contributed by atoms with Crippen LogP contribution in [0.25, 0.3) is 0 Å². The van der Waals surface area contributed by atoms with Gasteiger partial charge in [-0.25, -0.2) is 0 Å². The molecule has 2 aliphatic rings. The average Bonchev–Trinajstić information content (AvgIpc) is 2.86. The third kappa shape index (κ3) is 5.93. The number of rotatable bonds is 3. The summed E-state index contributed by atoms with van der Waals surface area (Å²) >= 11 is 6.34. The van der Waals surface area contributed by atoms with E-state index in [2.05, 4.69) is 4.90 Å². The summed E-state index contributed by atoms with van der Waals surface area (Å²) in [5, 5.41) is 0.713. The summed E-state index contributed by atoms with van der Waals surface area (Å²) in [6.07, 6.45) is 7.75. The summed E-state index contributed by atoms with van der Waals surface area (Å²) in [5.74, 6) is 0.783. The number of amides is 2. The molecule has 2 aromatic carbocycles. The van der Waals surface area contributed by atoms with Crippen molar-refractivity contribution in [3.05, 3.63) is 64.7 Å². The van der Waals surface area contributed by atoms with Gasteiger partial charge in [-0.05, 0) is 68.7 Å². The number of carbonyl (C=O) groups excluding carboxylic acids is 2. The van der Waals surface area contributed by atoms with E-state index in [0.717, 1.165) is 57.1 Å². The fourth-order valence-corrected chi connectivity index (χ4v) is 5.39. The van der Waals surface area contributed by atoms with E-state index in [9.17, 15) is 9.59 Å². The number of aryl methyl sites for hydroxylation is 1. The minimum Gasteiger partial charge on any atom is -0.487 e. The van der Waals surface area contributed by atoms with E-state index in [-0.39, 0.29) is 24.0 Å². The van der Waals surface area contributed by atoms with Gasteiger partial charge >= 0.3 is 0 Å². The van der Waals surface area contributed by atoms with Crippen molar-refractivity contribution in [1.29, 1.82) is 0 Å². The lowest BCUT2D eigenvalue weighted by molar-refractivity contribution is -0.136. The fourth-order valence-electron chi connectivity index (χ4n) is 5.16. The predicted molar refractivity (Wildman–Crippen MR) is 135 cm³/mol. The van der Waals surface area contributed by atoms with Gasteiger partial charge < -0.3 is 14.5 Å². The van der Waals surface area contributed by atoms with Crippen LogP contribution in [-0.2, 0) is 11.2 Å². The number of hydrogen-bond acceptors (Lipinski definition) is 3. The Hall–Kier alpha value is -2.53. The Morgan fingerprint density at radius 1 is 0.971 bits per heavy atom. The molecule has 1 fully saturated rings. The van der Waals surface area contributed by atoms with E-state index >= 15 is 0 Å². The SMILES string of the molecule is CN1CCCCCN(C(=O)CCc2ccccc2Cl)[C@@H]2CCCC[C@@H]2Oc2ccccc2C1=O. The lowest BCUT2D eigenvalue weighted by Gasteiger charge is -2.40. The van der Waals surface area contributed by atoms with E-state index in [1.807, 2.05) is 55.6 Å². The van der Waals surface area contributed by atoms with Crippen LogP contribution < -0.4 is 4.74 Å². The summed E-state index contributed by atoms with van der Waals surface area (Å²) in [4.78, 5) is 30.5. The Morgan fingerprint density at radius 3 is 2.56 bits per heavy atom. The maximum atomic E-state index is 13.5. The van der Waals surface area contributed by atoms with Crippen LogP contribution in [0.4, 0.5) is 0 Å². The quantitative estimate of drug-likeness (QED) is 0.559. The molecule has 0 saturated heterocycles. The van der Waals surface area contributed by atoms with Crippen molar-refractivity contribution in [3.8, 4) is 5.75 Å². The van der Waals surface area contributed by atoms with Gasteiger partial charge in [0, 0.05) is 31.6 Å². The third-order valence-electron chi connectivity index (χ3n) is 7.09. The second-order valence-electron chi connectivity index (χ2n) is 9.47. The second kappa shape index (κ2) is 11.7. The van der Waals surface area contributed by atoms with E-state index < -0.39 is 0 Å². The fraction of sp³-hybridized carbons (Fsp3) is 0.500. The number of ether oxygens (including phenoxy) is 1. The monoisotopic (exact) mass is 482 g/mol. The van der Waals surface area contributed by atoms with Gasteiger partial charge in [0.2, 0.25) is 5.91 Å². The highest BCUT2D eigenvalue weighted by Gasteiger charge is 2.35. The zero-order chi connectivity index (χ0) is 23.9. The van der Waals surface area contributed by atoms with Crippen molar-refractivity contribution in [1.82, 2.24) is 9.80 Å². The van der Waals surface area contributed by atoms with Gasteiger partial charge in [-0.3, -0.25) is 9.59 Å². The van der Waals surface area contributed by atoms with Crippen molar-refractivity contribution in [3.63, 3.8) is 0 Å². The van der Waals surface area contributed by atoms with Gasteiger partial charge in [-0.1, -0.05) is 48.4 Å². The smallest absolute Gasteiger partial charge is 0.257 e. The van der Waals surface area contributed by atoms with Gasteiger partial charge in [-0.2, -0.15) is 0 Å². The Balaban J connectivity index is 1.58. The largest absolute Gasteiger partial charge is 0.487 e. The molecule has 0 aromatic heterocycles. The normalized spacial score (nSPS) is 21.9. The maximum Gasteiger partial charge on any atom is 0.257 e. The molecule has 1 saturated carbocycles. The average molecular weight is 483 g/mol. The molecule has 1 heterocycles. The van der Waals surface area contributed by atoms with Gasteiger partial charge in [0.05, 0.1) is 11.6 Å². The van der Waals surface area contributed by atoms with Crippen molar-refractivity contribution in [2.75, 3.05) is 20.1 Å². The van der Waals surface area contributed by atoms with E-state index in [1.54, 1.807) is 4.90 Å². The second-order valence-corrected chi connectivity index (χ2v) is 9.88. The van der Waals surface area contributed by atoms with Gasteiger partial charge in [-0.15, -0.1) is 0 Å². The summed E-state index contributed by atoms with van der Waals surface area (Å²) in [5.41, 5.74) is 1.61. The lowest BCUT2D eigenvalue weighted by Crippen LogP contribution is -2.51. The zero-order valence-electron chi connectivity index (χ0n) is 20.0. The third-order valence-corrected chi connectivity index (χ3v) is 7.46. The number of carbonyl (C=O) groups is 2. The molecule has 0 unspecified atom stereocenters.